The van der Waals surface area contributed by atoms with Crippen LogP contribution in [0.3, 0.4) is 0 Å². The molecule has 4 N–H and O–H groups in total. The Hall–Kier alpha value is -2.17. The average Bonchev–Trinajstić information content (AvgIpc) is 2.29. The standard InChI is InChI=1S/C10H12N4O2/c11-5-6-12-10(16)14-9-3-1-8(2-4-9)13-7-15/h1-4H,5-6,11H2,(H2,12,14,16). The molecule has 0 saturated heterocycles. The monoisotopic (exact) mass is 220 g/mol. The Kier molecular flexibility index (Phi) is 4.72. The zero-order chi connectivity index (χ0) is 11.8. The van der Waals surface area contributed by atoms with Crippen LogP contribution < -0.4 is 16.4 Å². The van der Waals surface area contributed by atoms with Crippen LogP contribution in [0, 0.1) is 0 Å². The van der Waals surface area contributed by atoms with E-state index < -0.39 is 0 Å². The van der Waals surface area contributed by atoms with E-state index in [9.17, 15) is 9.59 Å². The number of benzene rings is 1. The van der Waals surface area contributed by atoms with Gasteiger partial charge in [0.1, 0.15) is 0 Å². The molecule has 1 rings (SSSR count). The predicted molar refractivity (Wildman–Crippen MR) is 60.3 cm³/mol. The molecule has 1 aromatic rings. The van der Waals surface area contributed by atoms with Crippen molar-refractivity contribution in [1.82, 2.24) is 5.32 Å². The number of nitrogens with two attached hydrogens (primary N) is 1. The fourth-order valence-corrected chi connectivity index (χ4v) is 1.03. The second-order valence-corrected chi connectivity index (χ2v) is 2.92. The first kappa shape index (κ1) is 11.9. The normalized spacial score (nSPS) is 9.06. The third-order valence-electron chi connectivity index (χ3n) is 1.73. The van der Waals surface area contributed by atoms with Crippen molar-refractivity contribution in [1.29, 1.82) is 0 Å². The van der Waals surface area contributed by atoms with E-state index in [1.807, 2.05) is 0 Å². The van der Waals surface area contributed by atoms with Gasteiger partial charge < -0.3 is 16.4 Å². The van der Waals surface area contributed by atoms with Gasteiger partial charge in [-0.3, -0.25) is 0 Å². The van der Waals surface area contributed by atoms with E-state index in [0.717, 1.165) is 0 Å². The molecule has 6 nitrogen and oxygen atoms in total. The van der Waals surface area contributed by atoms with Gasteiger partial charge in [0.2, 0.25) is 6.08 Å². The Morgan fingerprint density at radius 1 is 1.38 bits per heavy atom. The zero-order valence-electron chi connectivity index (χ0n) is 8.56. The van der Waals surface area contributed by atoms with E-state index in [4.69, 9.17) is 5.73 Å². The first-order valence-electron chi connectivity index (χ1n) is 4.69. The van der Waals surface area contributed by atoms with Gasteiger partial charge in [-0.1, -0.05) is 0 Å². The summed E-state index contributed by atoms with van der Waals surface area (Å²) in [7, 11) is 0. The summed E-state index contributed by atoms with van der Waals surface area (Å²) < 4.78 is 0. The maximum absolute atomic E-state index is 11.2. The summed E-state index contributed by atoms with van der Waals surface area (Å²) in [4.78, 5) is 24.6. The number of hydrogen-bond donors (Lipinski definition) is 3. The summed E-state index contributed by atoms with van der Waals surface area (Å²) in [6.45, 7) is 0.805. The lowest BCUT2D eigenvalue weighted by molar-refractivity contribution is 0.252. The van der Waals surface area contributed by atoms with Crippen LogP contribution in [-0.2, 0) is 4.79 Å². The topological polar surface area (TPSA) is 96.6 Å². The van der Waals surface area contributed by atoms with Crippen molar-refractivity contribution in [2.75, 3.05) is 18.4 Å². The minimum Gasteiger partial charge on any atom is -0.337 e. The highest BCUT2D eigenvalue weighted by molar-refractivity contribution is 5.89. The number of rotatable bonds is 4. The Morgan fingerprint density at radius 2 is 2.06 bits per heavy atom. The van der Waals surface area contributed by atoms with E-state index in [0.29, 0.717) is 24.5 Å². The fourth-order valence-electron chi connectivity index (χ4n) is 1.03. The minimum atomic E-state index is -0.322. The maximum atomic E-state index is 11.2. The first-order chi connectivity index (χ1) is 7.76. The van der Waals surface area contributed by atoms with E-state index in [2.05, 4.69) is 15.6 Å². The van der Waals surface area contributed by atoms with Gasteiger partial charge in [0.25, 0.3) is 0 Å². The number of isocyanates is 1. The van der Waals surface area contributed by atoms with Gasteiger partial charge in [-0.25, -0.2) is 9.59 Å². The molecule has 1 aromatic carbocycles. The van der Waals surface area contributed by atoms with Crippen LogP contribution in [0.1, 0.15) is 0 Å². The Morgan fingerprint density at radius 3 is 2.62 bits per heavy atom. The number of nitrogens with zero attached hydrogens (tertiary/aromatic N) is 1. The fraction of sp³-hybridized carbons (Fsp3) is 0.200. The van der Waals surface area contributed by atoms with Crippen LogP contribution in [0.15, 0.2) is 29.3 Å². The number of amides is 2. The lowest BCUT2D eigenvalue weighted by atomic mass is 10.3. The summed E-state index contributed by atoms with van der Waals surface area (Å²) in [5, 5.41) is 5.16. The number of nitrogens with one attached hydrogen (secondary N) is 2. The van der Waals surface area contributed by atoms with Crippen molar-refractivity contribution in [3.05, 3.63) is 24.3 Å². The summed E-state index contributed by atoms with van der Waals surface area (Å²) in [5.74, 6) is 0. The van der Waals surface area contributed by atoms with Crippen molar-refractivity contribution in [2.45, 2.75) is 0 Å². The van der Waals surface area contributed by atoms with Gasteiger partial charge in [-0.2, -0.15) is 4.99 Å². The van der Waals surface area contributed by atoms with Crippen LogP contribution in [0.25, 0.3) is 0 Å². The lowest BCUT2D eigenvalue weighted by Gasteiger charge is -2.06. The van der Waals surface area contributed by atoms with Gasteiger partial charge >= 0.3 is 6.03 Å². The van der Waals surface area contributed by atoms with Gasteiger partial charge in [0.05, 0.1) is 5.69 Å². The largest absolute Gasteiger partial charge is 0.337 e. The number of carbonyl (C=O) groups is 1. The van der Waals surface area contributed by atoms with Crippen LogP contribution in [0.5, 0.6) is 0 Å². The smallest absolute Gasteiger partial charge is 0.319 e. The molecule has 0 aliphatic carbocycles. The van der Waals surface area contributed by atoms with Crippen LogP contribution >= 0.6 is 0 Å². The molecule has 0 radical (unpaired) electrons. The highest BCUT2D eigenvalue weighted by Crippen LogP contribution is 2.15. The van der Waals surface area contributed by atoms with Crippen LogP contribution in [0.2, 0.25) is 0 Å². The number of anilines is 1. The van der Waals surface area contributed by atoms with E-state index in [1.165, 1.54) is 6.08 Å². The molecule has 0 aliphatic rings. The minimum absolute atomic E-state index is 0.322. The van der Waals surface area contributed by atoms with E-state index in [-0.39, 0.29) is 6.03 Å². The second kappa shape index (κ2) is 6.34. The quantitative estimate of drug-likeness (QED) is 0.515. The molecular weight excluding hydrogens is 208 g/mol. The summed E-state index contributed by atoms with van der Waals surface area (Å²) in [5.41, 5.74) is 6.33. The maximum Gasteiger partial charge on any atom is 0.319 e. The highest BCUT2D eigenvalue weighted by atomic mass is 16.2. The predicted octanol–water partition coefficient (Wildman–Crippen LogP) is 0.734. The van der Waals surface area contributed by atoms with Crippen LogP contribution in [-0.4, -0.2) is 25.2 Å². The van der Waals surface area contributed by atoms with Crippen molar-refractivity contribution in [3.63, 3.8) is 0 Å². The molecular formula is C10H12N4O2. The van der Waals surface area contributed by atoms with Gasteiger partial charge in [0.15, 0.2) is 0 Å². The molecule has 2 amide bonds. The van der Waals surface area contributed by atoms with Crippen molar-refractivity contribution < 1.29 is 9.59 Å². The van der Waals surface area contributed by atoms with Crippen molar-refractivity contribution in [3.8, 4) is 0 Å². The second-order valence-electron chi connectivity index (χ2n) is 2.92. The molecule has 0 spiro atoms. The van der Waals surface area contributed by atoms with E-state index >= 15 is 0 Å². The summed E-state index contributed by atoms with van der Waals surface area (Å²) >= 11 is 0. The summed E-state index contributed by atoms with van der Waals surface area (Å²) in [6.07, 6.45) is 1.43. The molecule has 0 unspecified atom stereocenters. The SMILES string of the molecule is NCCNC(=O)Nc1ccc(N=C=O)cc1. The van der Waals surface area contributed by atoms with Crippen molar-refractivity contribution >= 4 is 23.5 Å². The Labute approximate surface area is 92.5 Å². The summed E-state index contributed by atoms with van der Waals surface area (Å²) in [6, 6.07) is 6.15. The molecule has 16 heavy (non-hydrogen) atoms. The molecule has 0 heterocycles. The molecule has 0 aromatic heterocycles. The number of carbonyl (C=O) groups excluding carboxylic acids is 2. The van der Waals surface area contributed by atoms with Gasteiger partial charge in [0, 0.05) is 18.8 Å². The number of aliphatic imine (C=N–C) groups is 1. The van der Waals surface area contributed by atoms with Crippen molar-refractivity contribution in [2.24, 2.45) is 10.7 Å². The Balaban J connectivity index is 2.54. The lowest BCUT2D eigenvalue weighted by Crippen LogP contribution is -2.32. The average molecular weight is 220 g/mol. The molecule has 6 heteroatoms. The number of urea groups is 1. The molecule has 0 fully saturated rings. The first-order valence-corrected chi connectivity index (χ1v) is 4.69. The molecule has 0 aliphatic heterocycles. The van der Waals surface area contributed by atoms with E-state index in [1.54, 1.807) is 24.3 Å². The third-order valence-corrected chi connectivity index (χ3v) is 1.73. The molecule has 0 saturated carbocycles. The molecule has 0 bridgehead atoms. The highest BCUT2D eigenvalue weighted by Gasteiger charge is 1.99. The van der Waals surface area contributed by atoms with Crippen LogP contribution in [0.4, 0.5) is 16.2 Å². The molecule has 0 atom stereocenters. The Bertz CT molecular complexity index is 396. The van der Waals surface area contributed by atoms with Gasteiger partial charge in [-0.15, -0.1) is 0 Å². The molecule has 84 valence electrons. The number of hydrogen-bond acceptors (Lipinski definition) is 4. The third kappa shape index (κ3) is 3.91. The zero-order valence-corrected chi connectivity index (χ0v) is 8.56. The van der Waals surface area contributed by atoms with Gasteiger partial charge in [-0.05, 0) is 24.3 Å².